The second-order valence-electron chi connectivity index (χ2n) is 6.60. The van der Waals surface area contributed by atoms with Crippen LogP contribution in [0.2, 0.25) is 0 Å². The zero-order valence-electron chi connectivity index (χ0n) is 14.1. The van der Waals surface area contributed by atoms with Gasteiger partial charge in [-0.2, -0.15) is 0 Å². The highest BCUT2D eigenvalue weighted by atomic mass is 16.5. The summed E-state index contributed by atoms with van der Waals surface area (Å²) in [6.45, 7) is 9.34. The summed E-state index contributed by atoms with van der Waals surface area (Å²) in [7, 11) is 3.79. The molecule has 2 rings (SSSR count). The van der Waals surface area contributed by atoms with Crippen LogP contribution in [-0.2, 0) is 0 Å². The van der Waals surface area contributed by atoms with Crippen molar-refractivity contribution in [1.29, 1.82) is 0 Å². The monoisotopic (exact) mass is 290 g/mol. The van der Waals surface area contributed by atoms with Crippen molar-refractivity contribution >= 4 is 0 Å². The maximum atomic E-state index is 5.53. The van der Waals surface area contributed by atoms with Crippen molar-refractivity contribution in [3.8, 4) is 5.75 Å². The van der Waals surface area contributed by atoms with Crippen LogP contribution in [0.5, 0.6) is 5.75 Å². The van der Waals surface area contributed by atoms with E-state index in [0.29, 0.717) is 12.1 Å². The fourth-order valence-corrected chi connectivity index (χ4v) is 3.61. The van der Waals surface area contributed by atoms with Gasteiger partial charge in [-0.25, -0.2) is 0 Å². The molecule has 3 heteroatoms. The Morgan fingerprint density at radius 3 is 2.67 bits per heavy atom. The summed E-state index contributed by atoms with van der Waals surface area (Å²) in [6, 6.07) is 9.29. The van der Waals surface area contributed by atoms with E-state index in [9.17, 15) is 0 Å². The van der Waals surface area contributed by atoms with Gasteiger partial charge in [-0.05, 0) is 38.3 Å². The molecule has 0 aromatic heterocycles. The van der Waals surface area contributed by atoms with Gasteiger partial charge < -0.3 is 10.1 Å². The van der Waals surface area contributed by atoms with Crippen LogP contribution in [0.15, 0.2) is 24.3 Å². The van der Waals surface area contributed by atoms with E-state index in [1.165, 1.54) is 18.5 Å². The lowest BCUT2D eigenvalue weighted by Crippen LogP contribution is -2.48. The highest BCUT2D eigenvalue weighted by Gasteiger charge is 2.30. The first-order valence-corrected chi connectivity index (χ1v) is 8.11. The number of methoxy groups -OCH3 is 1. The average molecular weight is 290 g/mol. The SMILES string of the molecule is CNC(CN1CC(C)CC(C)C1C)c1ccccc1OC. The van der Waals surface area contributed by atoms with Crippen molar-refractivity contribution in [2.24, 2.45) is 11.8 Å². The molecular formula is C18H30N2O. The Morgan fingerprint density at radius 1 is 1.29 bits per heavy atom. The predicted molar refractivity (Wildman–Crippen MR) is 88.8 cm³/mol. The Kier molecular flexibility index (Phi) is 5.65. The number of nitrogens with zero attached hydrogens (tertiary/aromatic N) is 1. The minimum atomic E-state index is 0.307. The largest absolute Gasteiger partial charge is 0.496 e. The van der Waals surface area contributed by atoms with E-state index in [1.807, 2.05) is 19.2 Å². The van der Waals surface area contributed by atoms with Gasteiger partial charge >= 0.3 is 0 Å². The molecule has 1 fully saturated rings. The predicted octanol–water partition coefficient (Wildman–Crippen LogP) is 3.32. The number of hydrogen-bond acceptors (Lipinski definition) is 3. The summed E-state index contributed by atoms with van der Waals surface area (Å²) in [6.07, 6.45) is 1.34. The van der Waals surface area contributed by atoms with Crippen LogP contribution in [-0.4, -0.2) is 38.2 Å². The summed E-state index contributed by atoms with van der Waals surface area (Å²) in [5.74, 6) is 2.53. The topological polar surface area (TPSA) is 24.5 Å². The minimum Gasteiger partial charge on any atom is -0.496 e. The van der Waals surface area contributed by atoms with E-state index in [2.05, 4.69) is 43.1 Å². The summed E-state index contributed by atoms with van der Waals surface area (Å²) < 4.78 is 5.53. The molecule has 1 heterocycles. The van der Waals surface area contributed by atoms with Gasteiger partial charge in [0, 0.05) is 30.7 Å². The highest BCUT2D eigenvalue weighted by Crippen LogP contribution is 2.30. The first-order valence-electron chi connectivity index (χ1n) is 8.11. The lowest BCUT2D eigenvalue weighted by atomic mass is 9.85. The van der Waals surface area contributed by atoms with E-state index >= 15 is 0 Å². The van der Waals surface area contributed by atoms with Crippen molar-refractivity contribution in [2.45, 2.75) is 39.3 Å². The van der Waals surface area contributed by atoms with Crippen LogP contribution in [0.3, 0.4) is 0 Å². The molecule has 1 saturated heterocycles. The Morgan fingerprint density at radius 2 is 2.00 bits per heavy atom. The molecule has 3 nitrogen and oxygen atoms in total. The highest BCUT2D eigenvalue weighted by molar-refractivity contribution is 5.36. The molecule has 0 aliphatic carbocycles. The molecule has 1 aliphatic rings. The van der Waals surface area contributed by atoms with Gasteiger partial charge in [-0.1, -0.05) is 32.0 Å². The van der Waals surface area contributed by atoms with Gasteiger partial charge in [-0.15, -0.1) is 0 Å². The molecule has 4 atom stereocenters. The third-order valence-electron chi connectivity index (χ3n) is 5.00. The molecular weight excluding hydrogens is 260 g/mol. The van der Waals surface area contributed by atoms with E-state index < -0.39 is 0 Å². The number of ether oxygens (including phenoxy) is 1. The van der Waals surface area contributed by atoms with Crippen molar-refractivity contribution in [3.63, 3.8) is 0 Å². The lowest BCUT2D eigenvalue weighted by molar-refractivity contribution is 0.0708. The number of rotatable bonds is 5. The number of likely N-dealkylation sites (N-methyl/N-ethyl adjacent to an activating group) is 1. The van der Waals surface area contributed by atoms with Crippen molar-refractivity contribution in [3.05, 3.63) is 29.8 Å². The van der Waals surface area contributed by atoms with Gasteiger partial charge in [0.1, 0.15) is 5.75 Å². The fraction of sp³-hybridized carbons (Fsp3) is 0.667. The van der Waals surface area contributed by atoms with E-state index in [4.69, 9.17) is 4.74 Å². The van der Waals surface area contributed by atoms with Gasteiger partial charge in [0.05, 0.1) is 7.11 Å². The van der Waals surface area contributed by atoms with Crippen LogP contribution in [0, 0.1) is 11.8 Å². The fourth-order valence-electron chi connectivity index (χ4n) is 3.61. The van der Waals surface area contributed by atoms with E-state index in [1.54, 1.807) is 7.11 Å². The molecule has 4 unspecified atom stereocenters. The third kappa shape index (κ3) is 3.78. The first-order chi connectivity index (χ1) is 10.1. The number of benzene rings is 1. The Labute approximate surface area is 129 Å². The second-order valence-corrected chi connectivity index (χ2v) is 6.60. The molecule has 1 N–H and O–H groups in total. The minimum absolute atomic E-state index is 0.307. The summed E-state index contributed by atoms with van der Waals surface area (Å²) in [4.78, 5) is 2.63. The molecule has 0 radical (unpaired) electrons. The molecule has 1 aliphatic heterocycles. The molecule has 21 heavy (non-hydrogen) atoms. The summed E-state index contributed by atoms with van der Waals surface area (Å²) >= 11 is 0. The van der Waals surface area contributed by atoms with Gasteiger partial charge in [0.15, 0.2) is 0 Å². The lowest BCUT2D eigenvalue weighted by Gasteiger charge is -2.42. The zero-order chi connectivity index (χ0) is 15.4. The number of piperidine rings is 1. The first kappa shape index (κ1) is 16.3. The summed E-state index contributed by atoms with van der Waals surface area (Å²) in [5, 5.41) is 3.47. The molecule has 118 valence electrons. The smallest absolute Gasteiger partial charge is 0.123 e. The second kappa shape index (κ2) is 7.28. The van der Waals surface area contributed by atoms with Crippen LogP contribution in [0.4, 0.5) is 0 Å². The number of likely N-dealkylation sites (tertiary alicyclic amines) is 1. The molecule has 0 saturated carbocycles. The average Bonchev–Trinajstić information content (AvgIpc) is 2.49. The van der Waals surface area contributed by atoms with Gasteiger partial charge in [0.25, 0.3) is 0 Å². The molecule has 0 spiro atoms. The maximum absolute atomic E-state index is 5.53. The molecule has 1 aromatic carbocycles. The standard InChI is InChI=1S/C18H30N2O/c1-13-10-14(2)15(3)20(11-13)12-17(19-4)16-8-6-7-9-18(16)21-5/h6-9,13-15,17,19H,10-12H2,1-5H3. The number of para-hydroxylation sites is 1. The van der Waals surface area contributed by atoms with Crippen molar-refractivity contribution in [1.82, 2.24) is 10.2 Å². The third-order valence-corrected chi connectivity index (χ3v) is 5.00. The Hall–Kier alpha value is -1.06. The van der Waals surface area contributed by atoms with E-state index in [0.717, 1.165) is 24.1 Å². The van der Waals surface area contributed by atoms with Crippen molar-refractivity contribution < 1.29 is 4.74 Å². The van der Waals surface area contributed by atoms with Crippen LogP contribution in [0.25, 0.3) is 0 Å². The Bertz CT molecular complexity index is 449. The molecule has 0 amide bonds. The quantitative estimate of drug-likeness (QED) is 0.900. The summed E-state index contributed by atoms with van der Waals surface area (Å²) in [5.41, 5.74) is 1.25. The number of hydrogen-bond donors (Lipinski definition) is 1. The van der Waals surface area contributed by atoms with Crippen LogP contribution >= 0.6 is 0 Å². The zero-order valence-corrected chi connectivity index (χ0v) is 14.1. The molecule has 0 bridgehead atoms. The van der Waals surface area contributed by atoms with Crippen LogP contribution < -0.4 is 10.1 Å². The van der Waals surface area contributed by atoms with Crippen molar-refractivity contribution in [2.75, 3.05) is 27.2 Å². The Balaban J connectivity index is 2.14. The number of nitrogens with one attached hydrogen (secondary N) is 1. The normalized spacial score (nSPS) is 28.3. The maximum Gasteiger partial charge on any atom is 0.123 e. The van der Waals surface area contributed by atoms with E-state index in [-0.39, 0.29) is 0 Å². The van der Waals surface area contributed by atoms with Crippen LogP contribution in [0.1, 0.15) is 38.8 Å². The van der Waals surface area contributed by atoms with Gasteiger partial charge in [-0.3, -0.25) is 4.90 Å². The molecule has 1 aromatic rings. The van der Waals surface area contributed by atoms with Gasteiger partial charge in [0.2, 0.25) is 0 Å².